The van der Waals surface area contributed by atoms with Crippen molar-refractivity contribution in [1.82, 2.24) is 0 Å². The zero-order chi connectivity index (χ0) is 11.4. The molecule has 0 aliphatic rings. The van der Waals surface area contributed by atoms with Crippen LogP contribution in [-0.4, -0.2) is 23.9 Å². The van der Waals surface area contributed by atoms with Crippen LogP contribution in [0.2, 0.25) is 5.02 Å². The quantitative estimate of drug-likeness (QED) is 0.733. The molecule has 4 N–H and O–H groups in total. The lowest BCUT2D eigenvalue weighted by Gasteiger charge is -2.16. The van der Waals surface area contributed by atoms with Crippen molar-refractivity contribution in [1.29, 1.82) is 0 Å². The number of methoxy groups -OCH3 is 1. The Kier molecular flexibility index (Phi) is 4.20. The number of phenolic OH excluding ortho intramolecular Hbond substituents is 1. The van der Waals surface area contributed by atoms with Crippen molar-refractivity contribution in [2.75, 3.05) is 13.7 Å². The number of phenols is 1. The fourth-order valence-electron chi connectivity index (χ4n) is 1.38. The molecule has 0 amide bonds. The molecule has 15 heavy (non-hydrogen) atoms. The zero-order valence-electron chi connectivity index (χ0n) is 8.40. The highest BCUT2D eigenvalue weighted by atomic mass is 35.5. The summed E-state index contributed by atoms with van der Waals surface area (Å²) in [5.41, 5.74) is 6.22. The van der Waals surface area contributed by atoms with E-state index in [-0.39, 0.29) is 17.4 Å². The Morgan fingerprint density at radius 2 is 2.20 bits per heavy atom. The summed E-state index contributed by atoms with van der Waals surface area (Å²) in [7, 11) is 1.48. The number of halogens is 1. The van der Waals surface area contributed by atoms with Crippen LogP contribution in [0, 0.1) is 0 Å². The first kappa shape index (κ1) is 12.1. The summed E-state index contributed by atoms with van der Waals surface area (Å²) in [6, 6.07) is 2.67. The Morgan fingerprint density at radius 1 is 1.53 bits per heavy atom. The van der Waals surface area contributed by atoms with Gasteiger partial charge >= 0.3 is 0 Å². The lowest BCUT2D eigenvalue weighted by atomic mass is 10.0. The third-order valence-corrected chi connectivity index (χ3v) is 2.46. The van der Waals surface area contributed by atoms with E-state index in [1.165, 1.54) is 13.2 Å². The van der Waals surface area contributed by atoms with Crippen LogP contribution in [0.15, 0.2) is 12.1 Å². The van der Waals surface area contributed by atoms with Crippen LogP contribution in [0.5, 0.6) is 11.5 Å². The maximum absolute atomic E-state index is 9.73. The largest absolute Gasteiger partial charge is 0.506 e. The second kappa shape index (κ2) is 5.21. The minimum Gasteiger partial charge on any atom is -0.506 e. The number of rotatable bonds is 4. The van der Waals surface area contributed by atoms with Crippen LogP contribution in [-0.2, 0) is 0 Å². The number of aromatic hydroxyl groups is 1. The molecule has 5 heteroatoms. The molecule has 0 heterocycles. The van der Waals surface area contributed by atoms with Crippen LogP contribution in [0.25, 0.3) is 0 Å². The Labute approximate surface area is 93.2 Å². The van der Waals surface area contributed by atoms with Crippen molar-refractivity contribution in [3.05, 3.63) is 22.7 Å². The molecule has 1 aromatic rings. The topological polar surface area (TPSA) is 75.7 Å². The predicted octanol–water partition coefficient (Wildman–Crippen LogP) is 1.44. The van der Waals surface area contributed by atoms with Crippen LogP contribution in [0.4, 0.5) is 0 Å². The van der Waals surface area contributed by atoms with Crippen molar-refractivity contribution < 1.29 is 14.9 Å². The molecule has 0 spiro atoms. The molecule has 0 radical (unpaired) electrons. The van der Waals surface area contributed by atoms with Gasteiger partial charge in [0.15, 0.2) is 0 Å². The predicted molar refractivity (Wildman–Crippen MR) is 58.3 cm³/mol. The number of hydrogen-bond donors (Lipinski definition) is 3. The number of hydrogen-bond acceptors (Lipinski definition) is 4. The van der Waals surface area contributed by atoms with E-state index in [1.807, 2.05) is 0 Å². The van der Waals surface area contributed by atoms with E-state index < -0.39 is 6.04 Å². The zero-order valence-corrected chi connectivity index (χ0v) is 9.16. The fourth-order valence-corrected chi connectivity index (χ4v) is 1.55. The minimum atomic E-state index is -0.497. The maximum atomic E-state index is 9.73. The van der Waals surface area contributed by atoms with Gasteiger partial charge in [0.2, 0.25) is 0 Å². The van der Waals surface area contributed by atoms with Gasteiger partial charge in [-0.2, -0.15) is 0 Å². The molecule has 0 aromatic heterocycles. The first-order chi connectivity index (χ1) is 7.11. The van der Waals surface area contributed by atoms with E-state index >= 15 is 0 Å². The van der Waals surface area contributed by atoms with Crippen LogP contribution in [0.3, 0.4) is 0 Å². The summed E-state index contributed by atoms with van der Waals surface area (Å²) in [4.78, 5) is 0. The second-order valence-corrected chi connectivity index (χ2v) is 3.54. The molecule has 1 atom stereocenters. The number of aliphatic hydroxyl groups excluding tert-OH is 1. The Balaban J connectivity index is 3.17. The highest BCUT2D eigenvalue weighted by molar-refractivity contribution is 6.32. The molecule has 0 aliphatic heterocycles. The molecule has 4 nitrogen and oxygen atoms in total. The van der Waals surface area contributed by atoms with Gasteiger partial charge in [0.1, 0.15) is 11.5 Å². The minimum absolute atomic E-state index is 0.0593. The van der Waals surface area contributed by atoms with Gasteiger partial charge in [-0.25, -0.2) is 0 Å². The normalized spacial score (nSPS) is 12.5. The van der Waals surface area contributed by atoms with Gasteiger partial charge in [0.05, 0.1) is 17.7 Å². The molecular formula is C10H14ClNO3. The van der Waals surface area contributed by atoms with Gasteiger partial charge in [-0.3, -0.25) is 0 Å². The third kappa shape index (κ3) is 2.53. The highest BCUT2D eigenvalue weighted by Gasteiger charge is 2.18. The second-order valence-electron chi connectivity index (χ2n) is 3.13. The van der Waals surface area contributed by atoms with E-state index in [1.54, 1.807) is 6.07 Å². The van der Waals surface area contributed by atoms with Crippen LogP contribution < -0.4 is 10.5 Å². The van der Waals surface area contributed by atoms with Crippen molar-refractivity contribution in [3.8, 4) is 11.5 Å². The average molecular weight is 232 g/mol. The fraction of sp³-hybridized carbons (Fsp3) is 0.400. The van der Waals surface area contributed by atoms with Gasteiger partial charge in [-0.15, -0.1) is 0 Å². The summed E-state index contributed by atoms with van der Waals surface area (Å²) in [6.45, 7) is -0.0593. The summed E-state index contributed by atoms with van der Waals surface area (Å²) < 4.78 is 5.07. The molecule has 0 unspecified atom stereocenters. The standard InChI is InChI=1S/C10H14ClNO3/c1-15-8-3-2-6(11)10(14)9(8)7(12)4-5-13/h2-3,7,13-14H,4-5,12H2,1H3/t7-/m1/s1. The Bertz CT molecular complexity index is 344. The van der Waals surface area contributed by atoms with Crippen molar-refractivity contribution in [2.24, 2.45) is 5.73 Å². The number of aliphatic hydroxyl groups is 1. The van der Waals surface area contributed by atoms with Crippen molar-refractivity contribution >= 4 is 11.6 Å². The first-order valence-corrected chi connectivity index (χ1v) is 4.91. The molecule has 0 aliphatic carbocycles. The average Bonchev–Trinajstić information content (AvgIpc) is 2.22. The van der Waals surface area contributed by atoms with Crippen LogP contribution >= 0.6 is 11.6 Å². The molecular weight excluding hydrogens is 218 g/mol. The SMILES string of the molecule is COc1ccc(Cl)c(O)c1[C@H](N)CCO. The van der Waals surface area contributed by atoms with Crippen molar-refractivity contribution in [3.63, 3.8) is 0 Å². The third-order valence-electron chi connectivity index (χ3n) is 2.16. The Morgan fingerprint density at radius 3 is 2.73 bits per heavy atom. The van der Waals surface area contributed by atoms with E-state index in [2.05, 4.69) is 0 Å². The molecule has 1 aromatic carbocycles. The van der Waals surface area contributed by atoms with Gasteiger partial charge < -0.3 is 20.7 Å². The molecule has 84 valence electrons. The molecule has 0 fully saturated rings. The van der Waals surface area contributed by atoms with E-state index in [9.17, 15) is 5.11 Å². The molecule has 0 saturated heterocycles. The number of nitrogens with two attached hydrogens (primary N) is 1. The summed E-state index contributed by atoms with van der Waals surface area (Å²) in [5, 5.41) is 18.7. The summed E-state index contributed by atoms with van der Waals surface area (Å²) >= 11 is 5.76. The lowest BCUT2D eigenvalue weighted by molar-refractivity contribution is 0.273. The summed E-state index contributed by atoms with van der Waals surface area (Å²) in [6.07, 6.45) is 0.338. The molecule has 1 rings (SSSR count). The monoisotopic (exact) mass is 231 g/mol. The van der Waals surface area contributed by atoms with Crippen LogP contribution in [0.1, 0.15) is 18.0 Å². The number of ether oxygens (including phenoxy) is 1. The van der Waals surface area contributed by atoms with Gasteiger partial charge in [0.25, 0.3) is 0 Å². The van der Waals surface area contributed by atoms with Gasteiger partial charge in [-0.1, -0.05) is 11.6 Å². The van der Waals surface area contributed by atoms with Gasteiger partial charge in [0, 0.05) is 12.6 Å². The van der Waals surface area contributed by atoms with E-state index in [4.69, 9.17) is 27.2 Å². The molecule has 0 saturated carbocycles. The van der Waals surface area contributed by atoms with Gasteiger partial charge in [-0.05, 0) is 18.6 Å². The highest BCUT2D eigenvalue weighted by Crippen LogP contribution is 2.38. The lowest BCUT2D eigenvalue weighted by Crippen LogP contribution is -2.13. The number of benzene rings is 1. The molecule has 0 bridgehead atoms. The van der Waals surface area contributed by atoms with Crippen molar-refractivity contribution in [2.45, 2.75) is 12.5 Å². The van der Waals surface area contributed by atoms with E-state index in [0.29, 0.717) is 17.7 Å². The first-order valence-electron chi connectivity index (χ1n) is 4.53. The summed E-state index contributed by atoms with van der Waals surface area (Å²) in [5.74, 6) is 0.384. The van der Waals surface area contributed by atoms with E-state index in [0.717, 1.165) is 0 Å². The Hall–Kier alpha value is -0.970. The maximum Gasteiger partial charge on any atom is 0.142 e. The smallest absolute Gasteiger partial charge is 0.142 e.